The maximum absolute atomic E-state index is 12.8. The summed E-state index contributed by atoms with van der Waals surface area (Å²) in [6, 6.07) is 4.66. The summed E-state index contributed by atoms with van der Waals surface area (Å²) in [6.45, 7) is 0. The van der Waals surface area contributed by atoms with E-state index in [-0.39, 0.29) is 17.2 Å². The quantitative estimate of drug-likeness (QED) is 0.595. The fourth-order valence-electron chi connectivity index (χ4n) is 1.55. The van der Waals surface area contributed by atoms with Crippen molar-refractivity contribution in [1.29, 1.82) is 0 Å². The number of nitrogens with two attached hydrogens (primary N) is 1. The molecule has 110 valence electrons. The normalized spacial score (nSPS) is 11.0. The van der Waals surface area contributed by atoms with Crippen LogP contribution in [0.1, 0.15) is 16.1 Å². The number of hydrogen-bond acceptors (Lipinski definition) is 5. The number of nitrogens with zero attached hydrogens (tertiary/aromatic N) is 2. The molecule has 0 atom stereocenters. The molecule has 6 nitrogen and oxygen atoms in total. The Kier molecular flexibility index (Phi) is 4.03. The zero-order chi connectivity index (χ0) is 15.5. The van der Waals surface area contributed by atoms with Gasteiger partial charge in [-0.05, 0) is 12.1 Å². The van der Waals surface area contributed by atoms with Crippen LogP contribution in [0.4, 0.5) is 24.7 Å². The van der Waals surface area contributed by atoms with Crippen molar-refractivity contribution in [3.63, 3.8) is 0 Å². The summed E-state index contributed by atoms with van der Waals surface area (Å²) in [5.74, 6) is 4.51. The molecule has 0 fully saturated rings. The number of carbonyl (C=O) groups is 1. The molecule has 0 bridgehead atoms. The average molecular weight is 297 g/mol. The van der Waals surface area contributed by atoms with Crippen molar-refractivity contribution in [1.82, 2.24) is 9.97 Å². The molecule has 9 heteroatoms. The van der Waals surface area contributed by atoms with Gasteiger partial charge in [-0.2, -0.15) is 13.2 Å². The van der Waals surface area contributed by atoms with E-state index in [1.165, 1.54) is 18.3 Å². The van der Waals surface area contributed by atoms with Crippen molar-refractivity contribution in [3.05, 3.63) is 47.9 Å². The highest BCUT2D eigenvalue weighted by molar-refractivity contribution is 6.03. The second-order valence-electron chi connectivity index (χ2n) is 3.93. The van der Waals surface area contributed by atoms with E-state index in [0.717, 1.165) is 18.3 Å². The Balaban J connectivity index is 2.23. The van der Waals surface area contributed by atoms with E-state index in [1.54, 1.807) is 0 Å². The third-order valence-electron chi connectivity index (χ3n) is 2.51. The number of para-hydroxylation sites is 1. The number of hydrogen-bond donors (Lipinski definition) is 3. The van der Waals surface area contributed by atoms with Gasteiger partial charge in [0.05, 0.1) is 23.6 Å². The number of nitrogens with one attached hydrogen (secondary N) is 2. The summed E-state index contributed by atoms with van der Waals surface area (Å²) in [6.07, 6.45) is -2.28. The lowest BCUT2D eigenvalue weighted by Gasteiger charge is -2.13. The van der Waals surface area contributed by atoms with Gasteiger partial charge < -0.3 is 10.7 Å². The van der Waals surface area contributed by atoms with Crippen LogP contribution in [0.15, 0.2) is 36.7 Å². The van der Waals surface area contributed by atoms with E-state index in [9.17, 15) is 18.0 Å². The Hall–Kier alpha value is -2.68. The van der Waals surface area contributed by atoms with Crippen molar-refractivity contribution in [2.45, 2.75) is 6.18 Å². The first kappa shape index (κ1) is 14.7. The molecule has 0 saturated carbocycles. The van der Waals surface area contributed by atoms with Gasteiger partial charge in [-0.25, -0.2) is 15.8 Å². The zero-order valence-corrected chi connectivity index (χ0v) is 10.5. The smallest absolute Gasteiger partial charge is 0.320 e. The highest BCUT2D eigenvalue weighted by atomic mass is 19.4. The van der Waals surface area contributed by atoms with Crippen LogP contribution in [0, 0.1) is 0 Å². The van der Waals surface area contributed by atoms with Gasteiger partial charge in [0.25, 0.3) is 5.91 Å². The van der Waals surface area contributed by atoms with Crippen molar-refractivity contribution < 1.29 is 18.0 Å². The van der Waals surface area contributed by atoms with Crippen LogP contribution in [0.2, 0.25) is 0 Å². The van der Waals surface area contributed by atoms with E-state index >= 15 is 0 Å². The molecular weight excluding hydrogens is 287 g/mol. The van der Waals surface area contributed by atoms with Crippen molar-refractivity contribution >= 4 is 17.4 Å². The molecule has 1 heterocycles. The Morgan fingerprint density at radius 3 is 2.43 bits per heavy atom. The van der Waals surface area contributed by atoms with E-state index in [0.29, 0.717) is 0 Å². The predicted molar refractivity (Wildman–Crippen MR) is 69.2 cm³/mol. The fraction of sp³-hybridized carbons (Fsp3) is 0.0833. The lowest BCUT2D eigenvalue weighted by Crippen LogP contribution is -2.18. The lowest BCUT2D eigenvalue weighted by atomic mass is 10.1. The van der Waals surface area contributed by atoms with Crippen molar-refractivity contribution in [2.75, 3.05) is 10.7 Å². The maximum atomic E-state index is 12.8. The largest absolute Gasteiger partial charge is 0.418 e. The number of rotatable bonds is 3. The molecule has 2 aromatic rings. The minimum absolute atomic E-state index is 0.133. The van der Waals surface area contributed by atoms with Gasteiger partial charge in [-0.1, -0.05) is 12.1 Å². The summed E-state index contributed by atoms with van der Waals surface area (Å²) in [7, 11) is 0. The van der Waals surface area contributed by atoms with Crippen LogP contribution < -0.4 is 16.6 Å². The molecule has 0 saturated heterocycles. The van der Waals surface area contributed by atoms with E-state index in [2.05, 4.69) is 20.7 Å². The van der Waals surface area contributed by atoms with Crippen LogP contribution in [-0.2, 0) is 6.18 Å². The number of halogens is 3. The number of alkyl halides is 3. The molecule has 0 aliphatic rings. The Labute approximate surface area is 117 Å². The first-order valence-corrected chi connectivity index (χ1v) is 5.68. The number of nitrogen functional groups attached to an aromatic ring is 1. The highest BCUT2D eigenvalue weighted by Crippen LogP contribution is 2.34. The van der Waals surface area contributed by atoms with Crippen LogP contribution in [-0.4, -0.2) is 15.9 Å². The number of aromatic nitrogens is 2. The standard InChI is InChI=1S/C12H10F3N5O/c13-12(14,15)7-3-1-2-4-8(7)19-11(21)9-5-18-10(20-16)6-17-9/h1-6H,16H2,(H,18,20)(H,19,21). The first-order chi connectivity index (χ1) is 9.91. The Bertz CT molecular complexity index is 642. The Morgan fingerprint density at radius 2 is 1.86 bits per heavy atom. The summed E-state index contributed by atoms with van der Waals surface area (Å²) in [5, 5.41) is 2.16. The number of benzene rings is 1. The topological polar surface area (TPSA) is 92.9 Å². The van der Waals surface area contributed by atoms with Gasteiger partial charge in [-0.15, -0.1) is 0 Å². The fourth-order valence-corrected chi connectivity index (χ4v) is 1.55. The minimum atomic E-state index is -4.57. The predicted octanol–water partition coefficient (Wildman–Crippen LogP) is 2.03. The number of hydrazine groups is 1. The number of carbonyl (C=O) groups excluding carboxylic acids is 1. The minimum Gasteiger partial charge on any atom is -0.320 e. The molecule has 2 rings (SSSR count). The number of anilines is 2. The number of amides is 1. The lowest BCUT2D eigenvalue weighted by molar-refractivity contribution is -0.136. The summed E-state index contributed by atoms with van der Waals surface area (Å²) < 4.78 is 38.4. The van der Waals surface area contributed by atoms with Gasteiger partial charge in [-0.3, -0.25) is 4.79 Å². The molecule has 1 aromatic carbocycles. The van der Waals surface area contributed by atoms with Gasteiger partial charge in [0, 0.05) is 0 Å². The zero-order valence-electron chi connectivity index (χ0n) is 10.5. The van der Waals surface area contributed by atoms with Gasteiger partial charge >= 0.3 is 6.18 Å². The van der Waals surface area contributed by atoms with Crippen molar-refractivity contribution in [2.24, 2.45) is 5.84 Å². The molecule has 0 radical (unpaired) electrons. The average Bonchev–Trinajstić information content (AvgIpc) is 2.47. The second kappa shape index (κ2) is 5.75. The van der Waals surface area contributed by atoms with E-state index < -0.39 is 17.6 Å². The molecule has 0 aliphatic carbocycles. The van der Waals surface area contributed by atoms with Crippen LogP contribution in [0.3, 0.4) is 0 Å². The maximum Gasteiger partial charge on any atom is 0.418 e. The molecule has 4 N–H and O–H groups in total. The second-order valence-corrected chi connectivity index (χ2v) is 3.93. The third kappa shape index (κ3) is 3.45. The van der Waals surface area contributed by atoms with Crippen LogP contribution >= 0.6 is 0 Å². The van der Waals surface area contributed by atoms with Crippen LogP contribution in [0.25, 0.3) is 0 Å². The van der Waals surface area contributed by atoms with Gasteiger partial charge in [0.2, 0.25) is 0 Å². The molecule has 1 aromatic heterocycles. The van der Waals surface area contributed by atoms with Gasteiger partial charge in [0.1, 0.15) is 5.69 Å². The first-order valence-electron chi connectivity index (χ1n) is 5.68. The molecular formula is C12H10F3N5O. The molecule has 0 aliphatic heterocycles. The highest BCUT2D eigenvalue weighted by Gasteiger charge is 2.33. The van der Waals surface area contributed by atoms with Gasteiger partial charge in [0.15, 0.2) is 5.82 Å². The Morgan fingerprint density at radius 1 is 1.14 bits per heavy atom. The summed E-state index contributed by atoms with van der Waals surface area (Å²) in [4.78, 5) is 19.3. The summed E-state index contributed by atoms with van der Waals surface area (Å²) >= 11 is 0. The monoisotopic (exact) mass is 297 g/mol. The molecule has 1 amide bonds. The molecule has 0 unspecified atom stereocenters. The third-order valence-corrected chi connectivity index (χ3v) is 2.51. The van der Waals surface area contributed by atoms with E-state index in [1.807, 2.05) is 0 Å². The van der Waals surface area contributed by atoms with Crippen molar-refractivity contribution in [3.8, 4) is 0 Å². The SMILES string of the molecule is NNc1cnc(C(=O)Nc2ccccc2C(F)(F)F)cn1. The van der Waals surface area contributed by atoms with E-state index in [4.69, 9.17) is 5.84 Å². The molecule has 21 heavy (non-hydrogen) atoms. The molecule has 0 spiro atoms. The van der Waals surface area contributed by atoms with Crippen LogP contribution in [0.5, 0.6) is 0 Å². The summed E-state index contributed by atoms with van der Waals surface area (Å²) in [5.41, 5.74) is 0.797.